The number of hydrogen-bond donors (Lipinski definition) is 1. The highest BCUT2D eigenvalue weighted by atomic mass is 35.5. The normalized spacial score (nSPS) is 13.9. The van der Waals surface area contributed by atoms with Gasteiger partial charge in [0.1, 0.15) is 18.1 Å². The van der Waals surface area contributed by atoms with Gasteiger partial charge in [-0.2, -0.15) is 5.10 Å². The fourth-order valence-electron chi connectivity index (χ4n) is 2.62. The highest BCUT2D eigenvalue weighted by molar-refractivity contribution is 7.89. The third-order valence-corrected chi connectivity index (χ3v) is 6.17. The van der Waals surface area contributed by atoms with Crippen molar-refractivity contribution in [1.82, 2.24) is 14.5 Å². The third kappa shape index (κ3) is 3.61. The molecule has 0 saturated heterocycles. The molecule has 0 amide bonds. The number of nitrogens with zero attached hydrogens (tertiary/aromatic N) is 2. The number of aromatic nitrogens is 2. The summed E-state index contributed by atoms with van der Waals surface area (Å²) in [5.41, 5.74) is 3.07. The molecular formula is C16H20ClN3O4S. The molecule has 1 aromatic carbocycles. The van der Waals surface area contributed by atoms with Gasteiger partial charge in [0.2, 0.25) is 10.0 Å². The van der Waals surface area contributed by atoms with Crippen molar-refractivity contribution in [3.05, 3.63) is 34.1 Å². The largest absolute Gasteiger partial charge is 0.486 e. The molecule has 3 rings (SSSR count). The average molecular weight is 386 g/mol. The van der Waals surface area contributed by atoms with Gasteiger partial charge in [0.25, 0.3) is 0 Å². The maximum Gasteiger partial charge on any atom is 0.242 e. The van der Waals surface area contributed by atoms with Crippen molar-refractivity contribution >= 4 is 21.6 Å². The Morgan fingerprint density at radius 2 is 1.84 bits per heavy atom. The van der Waals surface area contributed by atoms with E-state index in [2.05, 4.69) is 9.82 Å². The second kappa shape index (κ2) is 6.86. The lowest BCUT2D eigenvalue weighted by Gasteiger charge is -2.20. The van der Waals surface area contributed by atoms with Gasteiger partial charge in [0.15, 0.2) is 11.5 Å². The number of halogens is 1. The zero-order chi connectivity index (χ0) is 18.2. The fraction of sp³-hybridized carbons (Fsp3) is 0.438. The van der Waals surface area contributed by atoms with Crippen LogP contribution in [0.1, 0.15) is 17.0 Å². The van der Waals surface area contributed by atoms with Crippen LogP contribution in [0.25, 0.3) is 0 Å². The van der Waals surface area contributed by atoms with Crippen molar-refractivity contribution in [3.8, 4) is 11.5 Å². The van der Waals surface area contributed by atoms with Crippen molar-refractivity contribution in [2.45, 2.75) is 32.2 Å². The number of nitrogens with one attached hydrogen (secondary N) is 1. The molecule has 9 heteroatoms. The van der Waals surface area contributed by atoms with E-state index in [0.717, 1.165) is 17.0 Å². The predicted octanol–water partition coefficient (Wildman–Crippen LogP) is 2.21. The minimum atomic E-state index is -3.77. The van der Waals surface area contributed by atoms with E-state index in [0.29, 0.717) is 31.3 Å². The van der Waals surface area contributed by atoms with Gasteiger partial charge in [0.05, 0.1) is 17.3 Å². The lowest BCUT2D eigenvalue weighted by atomic mass is 10.2. The molecule has 7 nitrogen and oxygen atoms in total. The van der Waals surface area contributed by atoms with Gasteiger partial charge in [0, 0.05) is 24.4 Å². The Morgan fingerprint density at radius 3 is 2.44 bits per heavy atom. The first kappa shape index (κ1) is 18.0. The minimum absolute atomic E-state index is 0.0250. The number of sulfonamides is 1. The number of benzene rings is 1. The summed E-state index contributed by atoms with van der Waals surface area (Å²) in [6.07, 6.45) is 0. The topological polar surface area (TPSA) is 82.5 Å². The van der Waals surface area contributed by atoms with Gasteiger partial charge >= 0.3 is 0 Å². The standard InChI is InChI=1S/C16H20ClN3O4S/c1-10-11(2)19-20(12(10)3)5-4-18-25(21,22)16-9-15-14(8-13(16)17)23-6-7-24-15/h8-9,18H,4-7H2,1-3H3. The van der Waals surface area contributed by atoms with Crippen molar-refractivity contribution in [1.29, 1.82) is 0 Å². The molecule has 0 radical (unpaired) electrons. The summed E-state index contributed by atoms with van der Waals surface area (Å²) >= 11 is 6.12. The smallest absolute Gasteiger partial charge is 0.242 e. The van der Waals surface area contributed by atoms with Crippen LogP contribution in [-0.2, 0) is 16.6 Å². The van der Waals surface area contributed by atoms with Crippen molar-refractivity contribution < 1.29 is 17.9 Å². The first-order chi connectivity index (χ1) is 11.8. The van der Waals surface area contributed by atoms with E-state index in [1.165, 1.54) is 12.1 Å². The monoisotopic (exact) mass is 385 g/mol. The highest BCUT2D eigenvalue weighted by Gasteiger charge is 2.23. The molecule has 25 heavy (non-hydrogen) atoms. The van der Waals surface area contributed by atoms with Gasteiger partial charge in [-0.3, -0.25) is 4.68 Å². The van der Waals surface area contributed by atoms with E-state index in [-0.39, 0.29) is 16.5 Å². The Morgan fingerprint density at radius 1 is 1.20 bits per heavy atom. The lowest BCUT2D eigenvalue weighted by Crippen LogP contribution is -2.28. The molecule has 2 heterocycles. The summed E-state index contributed by atoms with van der Waals surface area (Å²) < 4.78 is 40.3. The zero-order valence-electron chi connectivity index (χ0n) is 14.3. The van der Waals surface area contributed by atoms with Crippen molar-refractivity contribution in [3.63, 3.8) is 0 Å². The summed E-state index contributed by atoms with van der Waals surface area (Å²) in [6.45, 7) is 7.30. The fourth-order valence-corrected chi connectivity index (χ4v) is 4.17. The summed E-state index contributed by atoms with van der Waals surface area (Å²) in [4.78, 5) is -0.0250. The second-order valence-electron chi connectivity index (χ2n) is 5.84. The van der Waals surface area contributed by atoms with Crippen molar-refractivity contribution in [2.75, 3.05) is 19.8 Å². The van der Waals surface area contributed by atoms with Crippen LogP contribution < -0.4 is 14.2 Å². The average Bonchev–Trinajstić information content (AvgIpc) is 2.81. The number of aryl methyl sites for hydroxylation is 1. The quantitative estimate of drug-likeness (QED) is 0.853. The SMILES string of the molecule is Cc1nn(CCNS(=O)(=O)c2cc3c(cc2Cl)OCCO3)c(C)c1C. The first-order valence-corrected chi connectivity index (χ1v) is 9.75. The lowest BCUT2D eigenvalue weighted by molar-refractivity contribution is 0.171. The predicted molar refractivity (Wildman–Crippen MR) is 94.1 cm³/mol. The van der Waals surface area contributed by atoms with Gasteiger partial charge in [-0.15, -0.1) is 0 Å². The molecule has 0 saturated carbocycles. The van der Waals surface area contributed by atoms with Crippen LogP contribution in [0.15, 0.2) is 17.0 Å². The van der Waals surface area contributed by atoms with Gasteiger partial charge in [-0.05, 0) is 26.3 Å². The van der Waals surface area contributed by atoms with E-state index in [9.17, 15) is 8.42 Å². The van der Waals surface area contributed by atoms with Crippen LogP contribution in [0.3, 0.4) is 0 Å². The van der Waals surface area contributed by atoms with E-state index in [1.807, 2.05) is 20.8 Å². The number of rotatable bonds is 5. The number of ether oxygens (including phenoxy) is 2. The number of hydrogen-bond acceptors (Lipinski definition) is 5. The molecule has 0 aliphatic carbocycles. The van der Waals surface area contributed by atoms with E-state index >= 15 is 0 Å². The Hall–Kier alpha value is -1.77. The molecule has 0 atom stereocenters. The Bertz CT molecular complexity index is 909. The molecule has 1 aliphatic rings. The third-order valence-electron chi connectivity index (χ3n) is 4.25. The zero-order valence-corrected chi connectivity index (χ0v) is 15.9. The molecule has 2 aromatic rings. The van der Waals surface area contributed by atoms with Gasteiger partial charge < -0.3 is 9.47 Å². The van der Waals surface area contributed by atoms with E-state index in [1.54, 1.807) is 4.68 Å². The Balaban J connectivity index is 1.75. The minimum Gasteiger partial charge on any atom is -0.486 e. The van der Waals surface area contributed by atoms with Crippen LogP contribution in [-0.4, -0.2) is 38.0 Å². The molecule has 1 N–H and O–H groups in total. The Labute approximate surface area is 151 Å². The molecule has 136 valence electrons. The molecule has 1 aromatic heterocycles. The van der Waals surface area contributed by atoms with Crippen LogP contribution in [0.2, 0.25) is 5.02 Å². The van der Waals surface area contributed by atoms with Crippen LogP contribution in [0.4, 0.5) is 0 Å². The summed E-state index contributed by atoms with van der Waals surface area (Å²) in [5, 5.41) is 4.49. The van der Waals surface area contributed by atoms with Gasteiger partial charge in [-0.25, -0.2) is 13.1 Å². The van der Waals surface area contributed by atoms with E-state index < -0.39 is 10.0 Å². The highest BCUT2D eigenvalue weighted by Crippen LogP contribution is 2.37. The number of fused-ring (bicyclic) bond motifs is 1. The molecule has 1 aliphatic heterocycles. The first-order valence-electron chi connectivity index (χ1n) is 7.89. The second-order valence-corrected chi connectivity index (χ2v) is 7.99. The maximum absolute atomic E-state index is 12.6. The maximum atomic E-state index is 12.6. The Kier molecular flexibility index (Phi) is 4.95. The van der Waals surface area contributed by atoms with Gasteiger partial charge in [-0.1, -0.05) is 11.6 Å². The molecule has 0 unspecified atom stereocenters. The van der Waals surface area contributed by atoms with Crippen molar-refractivity contribution in [2.24, 2.45) is 0 Å². The molecular weight excluding hydrogens is 366 g/mol. The van der Waals surface area contributed by atoms with E-state index in [4.69, 9.17) is 21.1 Å². The molecule has 0 spiro atoms. The summed E-state index contributed by atoms with van der Waals surface area (Å²) in [7, 11) is -3.77. The summed E-state index contributed by atoms with van der Waals surface area (Å²) in [5.74, 6) is 0.832. The molecule has 0 fully saturated rings. The van der Waals surface area contributed by atoms with Crippen LogP contribution in [0.5, 0.6) is 11.5 Å². The molecule has 0 bridgehead atoms. The summed E-state index contributed by atoms with van der Waals surface area (Å²) in [6, 6.07) is 2.86. The van der Waals surface area contributed by atoms with Crippen LogP contribution in [0, 0.1) is 20.8 Å². The van der Waals surface area contributed by atoms with Crippen LogP contribution >= 0.6 is 11.6 Å².